The van der Waals surface area contributed by atoms with Crippen LogP contribution in [0.1, 0.15) is 31.2 Å². The summed E-state index contributed by atoms with van der Waals surface area (Å²) in [4.78, 5) is 16.7. The van der Waals surface area contributed by atoms with Crippen LogP contribution in [0, 0.1) is 12.8 Å². The molecular weight excluding hydrogens is 294 g/mol. The molecule has 0 aliphatic heterocycles. The quantitative estimate of drug-likeness (QED) is 0.906. The Labute approximate surface area is 134 Å². The fourth-order valence-electron chi connectivity index (χ4n) is 3.04. The van der Waals surface area contributed by atoms with E-state index < -0.39 is 0 Å². The number of aryl methyl sites for hydroxylation is 1. The molecule has 0 spiro atoms. The SMILES string of the molecule is Cc1ccccc1-c1csc(NC(=O)C[C@@H]2CCC[C@H]2N)n1. The molecule has 1 aromatic heterocycles. The third kappa shape index (κ3) is 3.36. The number of carbonyl (C=O) groups is 1. The highest BCUT2D eigenvalue weighted by Crippen LogP contribution is 2.29. The average molecular weight is 315 g/mol. The highest BCUT2D eigenvalue weighted by molar-refractivity contribution is 7.14. The Morgan fingerprint density at radius 2 is 2.23 bits per heavy atom. The zero-order valence-corrected chi connectivity index (χ0v) is 13.5. The molecule has 2 aromatic rings. The van der Waals surface area contributed by atoms with E-state index in [-0.39, 0.29) is 11.9 Å². The lowest BCUT2D eigenvalue weighted by Gasteiger charge is -2.13. The summed E-state index contributed by atoms with van der Waals surface area (Å²) < 4.78 is 0. The van der Waals surface area contributed by atoms with Crippen LogP contribution in [0.5, 0.6) is 0 Å². The molecule has 1 saturated carbocycles. The maximum Gasteiger partial charge on any atom is 0.226 e. The van der Waals surface area contributed by atoms with Crippen molar-refractivity contribution in [2.75, 3.05) is 5.32 Å². The van der Waals surface area contributed by atoms with Gasteiger partial charge in [-0.2, -0.15) is 0 Å². The smallest absolute Gasteiger partial charge is 0.226 e. The number of nitrogens with zero attached hydrogens (tertiary/aromatic N) is 1. The van der Waals surface area contributed by atoms with Crippen LogP contribution >= 0.6 is 11.3 Å². The Morgan fingerprint density at radius 3 is 2.95 bits per heavy atom. The number of thiazole rings is 1. The molecule has 0 saturated heterocycles. The lowest BCUT2D eigenvalue weighted by Crippen LogP contribution is -2.28. The largest absolute Gasteiger partial charge is 0.327 e. The van der Waals surface area contributed by atoms with Crippen molar-refractivity contribution in [1.29, 1.82) is 0 Å². The van der Waals surface area contributed by atoms with E-state index in [0.717, 1.165) is 30.5 Å². The zero-order valence-electron chi connectivity index (χ0n) is 12.7. The van der Waals surface area contributed by atoms with Crippen molar-refractivity contribution in [2.24, 2.45) is 11.7 Å². The van der Waals surface area contributed by atoms with Gasteiger partial charge in [0.05, 0.1) is 5.69 Å². The predicted octanol–water partition coefficient (Wildman–Crippen LogP) is 3.57. The first-order valence-corrected chi connectivity index (χ1v) is 8.58. The third-order valence-electron chi connectivity index (χ3n) is 4.34. The summed E-state index contributed by atoms with van der Waals surface area (Å²) in [6.45, 7) is 2.06. The fourth-order valence-corrected chi connectivity index (χ4v) is 3.77. The Kier molecular flexibility index (Phi) is 4.55. The van der Waals surface area contributed by atoms with Crippen molar-refractivity contribution in [3.05, 3.63) is 35.2 Å². The number of aromatic nitrogens is 1. The van der Waals surface area contributed by atoms with Gasteiger partial charge in [-0.15, -0.1) is 11.3 Å². The minimum atomic E-state index is 0.0213. The van der Waals surface area contributed by atoms with Gasteiger partial charge in [0.25, 0.3) is 0 Å². The highest BCUT2D eigenvalue weighted by Gasteiger charge is 2.26. The van der Waals surface area contributed by atoms with E-state index in [9.17, 15) is 4.79 Å². The summed E-state index contributed by atoms with van der Waals surface area (Å²) in [5, 5.41) is 5.56. The number of hydrogen-bond acceptors (Lipinski definition) is 4. The molecule has 1 amide bonds. The first kappa shape index (κ1) is 15.2. The number of rotatable bonds is 4. The second-order valence-electron chi connectivity index (χ2n) is 5.96. The number of amides is 1. The minimum absolute atomic E-state index is 0.0213. The third-order valence-corrected chi connectivity index (χ3v) is 5.09. The average Bonchev–Trinajstić information content (AvgIpc) is 3.10. The normalized spacial score (nSPS) is 21.0. The van der Waals surface area contributed by atoms with Crippen molar-refractivity contribution in [3.8, 4) is 11.3 Å². The predicted molar refractivity (Wildman–Crippen MR) is 90.9 cm³/mol. The molecule has 0 radical (unpaired) electrons. The number of carbonyl (C=O) groups excluding carboxylic acids is 1. The number of nitrogens with two attached hydrogens (primary N) is 1. The van der Waals surface area contributed by atoms with Gasteiger partial charge in [0.15, 0.2) is 5.13 Å². The van der Waals surface area contributed by atoms with Gasteiger partial charge < -0.3 is 11.1 Å². The van der Waals surface area contributed by atoms with Gasteiger partial charge in [0.1, 0.15) is 0 Å². The number of anilines is 1. The van der Waals surface area contributed by atoms with Crippen molar-refractivity contribution >= 4 is 22.4 Å². The van der Waals surface area contributed by atoms with E-state index in [0.29, 0.717) is 17.5 Å². The van der Waals surface area contributed by atoms with Crippen LogP contribution in [0.25, 0.3) is 11.3 Å². The van der Waals surface area contributed by atoms with Crippen molar-refractivity contribution in [3.63, 3.8) is 0 Å². The second-order valence-corrected chi connectivity index (χ2v) is 6.82. The highest BCUT2D eigenvalue weighted by atomic mass is 32.1. The van der Waals surface area contributed by atoms with Gasteiger partial charge in [0.2, 0.25) is 5.91 Å². The summed E-state index contributed by atoms with van der Waals surface area (Å²) >= 11 is 1.47. The summed E-state index contributed by atoms with van der Waals surface area (Å²) in [6, 6.07) is 8.30. The molecule has 1 aliphatic carbocycles. The molecule has 2 atom stereocenters. The van der Waals surface area contributed by atoms with Gasteiger partial charge in [-0.05, 0) is 31.2 Å². The van der Waals surface area contributed by atoms with Gasteiger partial charge in [0, 0.05) is 23.4 Å². The summed E-state index contributed by atoms with van der Waals surface area (Å²) in [7, 11) is 0. The molecule has 3 N–H and O–H groups in total. The van der Waals surface area contributed by atoms with Crippen molar-refractivity contribution < 1.29 is 4.79 Å². The Morgan fingerprint density at radius 1 is 1.41 bits per heavy atom. The first-order valence-electron chi connectivity index (χ1n) is 7.70. The van der Waals surface area contributed by atoms with E-state index in [4.69, 9.17) is 5.73 Å². The molecule has 3 rings (SSSR count). The van der Waals surface area contributed by atoms with Crippen LogP contribution in [-0.2, 0) is 4.79 Å². The molecule has 0 unspecified atom stereocenters. The standard InChI is InChI=1S/C17H21N3OS/c1-11-5-2-3-7-13(11)15-10-22-17(19-15)20-16(21)9-12-6-4-8-14(12)18/h2-3,5,7,10,12,14H,4,6,8-9,18H2,1H3,(H,19,20,21)/t12-,14+/m0/s1. The van der Waals surface area contributed by atoms with Crippen molar-refractivity contribution in [2.45, 2.75) is 38.6 Å². The van der Waals surface area contributed by atoms with E-state index in [2.05, 4.69) is 23.3 Å². The maximum absolute atomic E-state index is 12.1. The van der Waals surface area contributed by atoms with Crippen LogP contribution in [0.4, 0.5) is 5.13 Å². The Bertz CT molecular complexity index is 667. The van der Waals surface area contributed by atoms with Gasteiger partial charge in [-0.25, -0.2) is 4.98 Å². The lowest BCUT2D eigenvalue weighted by molar-refractivity contribution is -0.117. The lowest BCUT2D eigenvalue weighted by atomic mass is 10.00. The first-order chi connectivity index (χ1) is 10.6. The minimum Gasteiger partial charge on any atom is -0.327 e. The number of nitrogens with one attached hydrogen (secondary N) is 1. The Balaban J connectivity index is 1.64. The van der Waals surface area contributed by atoms with Crippen LogP contribution in [0.2, 0.25) is 0 Å². The second kappa shape index (κ2) is 6.58. The van der Waals surface area contributed by atoms with Gasteiger partial charge in [-0.1, -0.05) is 30.7 Å². The number of hydrogen-bond donors (Lipinski definition) is 2. The molecule has 1 fully saturated rings. The summed E-state index contributed by atoms with van der Waals surface area (Å²) in [5.41, 5.74) is 9.23. The molecule has 4 nitrogen and oxygen atoms in total. The summed E-state index contributed by atoms with van der Waals surface area (Å²) in [6.07, 6.45) is 3.72. The molecule has 1 aromatic carbocycles. The molecule has 1 heterocycles. The molecule has 0 bridgehead atoms. The molecule has 116 valence electrons. The van der Waals surface area contributed by atoms with Crippen LogP contribution in [-0.4, -0.2) is 16.9 Å². The zero-order chi connectivity index (χ0) is 15.5. The molecule has 22 heavy (non-hydrogen) atoms. The molecule has 1 aliphatic rings. The van der Waals surface area contributed by atoms with E-state index >= 15 is 0 Å². The van der Waals surface area contributed by atoms with E-state index in [1.807, 2.05) is 23.6 Å². The van der Waals surface area contributed by atoms with Crippen LogP contribution < -0.4 is 11.1 Å². The van der Waals surface area contributed by atoms with Gasteiger partial charge >= 0.3 is 0 Å². The monoisotopic (exact) mass is 315 g/mol. The fraction of sp³-hybridized carbons (Fsp3) is 0.412. The maximum atomic E-state index is 12.1. The topological polar surface area (TPSA) is 68.0 Å². The molecular formula is C17H21N3OS. The van der Waals surface area contributed by atoms with Crippen molar-refractivity contribution in [1.82, 2.24) is 4.98 Å². The number of benzene rings is 1. The van der Waals surface area contributed by atoms with E-state index in [1.54, 1.807) is 0 Å². The summed E-state index contributed by atoms with van der Waals surface area (Å²) in [5.74, 6) is 0.337. The van der Waals surface area contributed by atoms with Gasteiger partial charge in [-0.3, -0.25) is 4.79 Å². The van der Waals surface area contributed by atoms with Crippen LogP contribution in [0.15, 0.2) is 29.6 Å². The van der Waals surface area contributed by atoms with Crippen LogP contribution in [0.3, 0.4) is 0 Å². The molecule has 5 heteroatoms. The Hall–Kier alpha value is -1.72. The van der Waals surface area contributed by atoms with E-state index in [1.165, 1.54) is 16.9 Å².